The number of hydrogen-bond donors (Lipinski definition) is 1. The predicted molar refractivity (Wildman–Crippen MR) is 70.0 cm³/mol. The third-order valence-electron chi connectivity index (χ3n) is 3.73. The van der Waals surface area contributed by atoms with Gasteiger partial charge in [-0.3, -0.25) is 9.48 Å². The summed E-state index contributed by atoms with van der Waals surface area (Å²) in [6, 6.07) is 0.422. The molecular weight excluding hydrogens is 230 g/mol. The summed E-state index contributed by atoms with van der Waals surface area (Å²) in [7, 11) is 1.86. The molecule has 0 saturated heterocycles. The van der Waals surface area contributed by atoms with Crippen LogP contribution in [0.2, 0.25) is 0 Å². The highest BCUT2D eigenvalue weighted by Gasteiger charge is 2.27. The topological polar surface area (TPSA) is 58.4 Å². The molecule has 0 bridgehead atoms. The smallest absolute Gasteiger partial charge is 0.155 e. The van der Waals surface area contributed by atoms with E-state index in [9.17, 15) is 9.90 Å². The van der Waals surface area contributed by atoms with Crippen LogP contribution in [-0.4, -0.2) is 40.4 Å². The van der Waals surface area contributed by atoms with E-state index in [1.54, 1.807) is 4.68 Å². The molecular formula is C13H21N3O2. The maximum absolute atomic E-state index is 11.2. The van der Waals surface area contributed by atoms with Crippen molar-refractivity contribution in [1.29, 1.82) is 0 Å². The molecule has 0 aromatic carbocycles. The van der Waals surface area contributed by atoms with Gasteiger partial charge in [0.1, 0.15) is 5.82 Å². The minimum absolute atomic E-state index is 0.0963. The molecule has 5 nitrogen and oxygen atoms in total. The van der Waals surface area contributed by atoms with E-state index in [2.05, 4.69) is 10.00 Å². The number of aromatic nitrogens is 2. The molecule has 1 aliphatic rings. The Morgan fingerprint density at radius 2 is 2.17 bits per heavy atom. The number of aliphatic hydroxyl groups excluding tert-OH is 1. The van der Waals surface area contributed by atoms with Crippen LogP contribution >= 0.6 is 0 Å². The van der Waals surface area contributed by atoms with Crippen molar-refractivity contribution >= 4 is 12.1 Å². The van der Waals surface area contributed by atoms with Gasteiger partial charge < -0.3 is 10.0 Å². The maximum atomic E-state index is 11.2. The Balaban J connectivity index is 2.37. The van der Waals surface area contributed by atoms with Gasteiger partial charge in [-0.1, -0.05) is 12.8 Å². The van der Waals surface area contributed by atoms with Crippen LogP contribution in [0.1, 0.15) is 41.7 Å². The second-order valence-corrected chi connectivity index (χ2v) is 4.92. The van der Waals surface area contributed by atoms with Gasteiger partial charge in [-0.05, 0) is 19.8 Å². The van der Waals surface area contributed by atoms with E-state index in [-0.39, 0.29) is 6.61 Å². The molecule has 1 saturated carbocycles. The first kappa shape index (κ1) is 13.1. The first-order valence-electron chi connectivity index (χ1n) is 6.55. The Morgan fingerprint density at radius 1 is 1.50 bits per heavy atom. The van der Waals surface area contributed by atoms with Crippen LogP contribution in [0.15, 0.2) is 0 Å². The van der Waals surface area contributed by atoms with Crippen molar-refractivity contribution in [3.05, 3.63) is 11.3 Å². The van der Waals surface area contributed by atoms with Crippen LogP contribution in [0.5, 0.6) is 0 Å². The third kappa shape index (κ3) is 2.27. The first-order chi connectivity index (χ1) is 8.69. The molecule has 5 heteroatoms. The van der Waals surface area contributed by atoms with E-state index >= 15 is 0 Å². The molecule has 0 amide bonds. The van der Waals surface area contributed by atoms with Crippen molar-refractivity contribution in [2.45, 2.75) is 38.6 Å². The van der Waals surface area contributed by atoms with Gasteiger partial charge in [0.25, 0.3) is 0 Å². The zero-order chi connectivity index (χ0) is 13.1. The number of rotatable bonds is 5. The lowest BCUT2D eigenvalue weighted by Gasteiger charge is -2.30. The second kappa shape index (κ2) is 5.52. The van der Waals surface area contributed by atoms with E-state index in [1.807, 2.05) is 14.0 Å². The van der Waals surface area contributed by atoms with Crippen LogP contribution < -0.4 is 4.90 Å². The van der Waals surface area contributed by atoms with Gasteiger partial charge in [0.15, 0.2) is 6.29 Å². The Bertz CT molecular complexity index is 422. The van der Waals surface area contributed by atoms with Crippen molar-refractivity contribution in [2.75, 3.05) is 18.1 Å². The van der Waals surface area contributed by atoms with Gasteiger partial charge in [-0.2, -0.15) is 5.10 Å². The molecule has 0 atom stereocenters. The fourth-order valence-corrected chi connectivity index (χ4v) is 2.93. The molecule has 0 radical (unpaired) electrons. The largest absolute Gasteiger partial charge is 0.395 e. The molecule has 100 valence electrons. The molecule has 0 aliphatic heterocycles. The van der Waals surface area contributed by atoms with Crippen molar-refractivity contribution in [1.82, 2.24) is 9.78 Å². The molecule has 18 heavy (non-hydrogen) atoms. The average molecular weight is 251 g/mol. The van der Waals surface area contributed by atoms with Gasteiger partial charge in [0.2, 0.25) is 0 Å². The number of carbonyl (C=O) groups excluding carboxylic acids is 1. The number of anilines is 1. The van der Waals surface area contributed by atoms with E-state index < -0.39 is 0 Å². The number of carbonyl (C=O) groups is 1. The maximum Gasteiger partial charge on any atom is 0.155 e. The summed E-state index contributed by atoms with van der Waals surface area (Å²) >= 11 is 0. The highest BCUT2D eigenvalue weighted by Crippen LogP contribution is 2.30. The molecule has 2 rings (SSSR count). The normalized spacial score (nSPS) is 16.2. The minimum atomic E-state index is 0.0963. The predicted octanol–water partition coefficient (Wildman–Crippen LogP) is 1.28. The first-order valence-corrected chi connectivity index (χ1v) is 6.55. The van der Waals surface area contributed by atoms with Crippen LogP contribution in [0, 0.1) is 6.92 Å². The van der Waals surface area contributed by atoms with Gasteiger partial charge >= 0.3 is 0 Å². The summed E-state index contributed by atoms with van der Waals surface area (Å²) in [6.45, 7) is 2.50. The van der Waals surface area contributed by atoms with Gasteiger partial charge in [-0.15, -0.1) is 0 Å². The summed E-state index contributed by atoms with van der Waals surface area (Å²) in [6.07, 6.45) is 5.57. The minimum Gasteiger partial charge on any atom is -0.395 e. The summed E-state index contributed by atoms with van der Waals surface area (Å²) in [5.74, 6) is 0.850. The monoisotopic (exact) mass is 251 g/mol. The zero-order valence-electron chi connectivity index (χ0n) is 11.1. The van der Waals surface area contributed by atoms with E-state index in [0.29, 0.717) is 18.2 Å². The van der Waals surface area contributed by atoms with Gasteiger partial charge in [0, 0.05) is 19.6 Å². The van der Waals surface area contributed by atoms with Crippen molar-refractivity contribution in [3.63, 3.8) is 0 Å². The Morgan fingerprint density at radius 3 is 2.72 bits per heavy atom. The fraction of sp³-hybridized carbons (Fsp3) is 0.692. The Kier molecular flexibility index (Phi) is 4.01. The quantitative estimate of drug-likeness (QED) is 0.801. The molecule has 1 aromatic rings. The summed E-state index contributed by atoms with van der Waals surface area (Å²) < 4.78 is 1.76. The standard InChI is InChI=1S/C13H21N3O2/c1-10-12(9-18)13(15(2)14-10)16(7-8-17)11-5-3-4-6-11/h9,11,17H,3-8H2,1-2H3. The van der Waals surface area contributed by atoms with Crippen molar-refractivity contribution in [3.8, 4) is 0 Å². The van der Waals surface area contributed by atoms with E-state index in [0.717, 1.165) is 30.6 Å². The van der Waals surface area contributed by atoms with Crippen LogP contribution in [0.3, 0.4) is 0 Å². The molecule has 1 heterocycles. The fourth-order valence-electron chi connectivity index (χ4n) is 2.93. The number of aliphatic hydroxyl groups is 1. The Hall–Kier alpha value is -1.36. The average Bonchev–Trinajstić information content (AvgIpc) is 2.94. The molecule has 1 aliphatic carbocycles. The number of nitrogens with zero attached hydrogens (tertiary/aromatic N) is 3. The summed E-state index contributed by atoms with van der Waals surface area (Å²) in [4.78, 5) is 13.4. The molecule has 1 aromatic heterocycles. The lowest BCUT2D eigenvalue weighted by atomic mass is 10.1. The summed E-state index contributed by atoms with van der Waals surface area (Å²) in [5, 5.41) is 13.6. The van der Waals surface area contributed by atoms with Crippen LogP contribution in [0.4, 0.5) is 5.82 Å². The second-order valence-electron chi connectivity index (χ2n) is 4.92. The van der Waals surface area contributed by atoms with Crippen LogP contribution in [-0.2, 0) is 7.05 Å². The highest BCUT2D eigenvalue weighted by molar-refractivity contribution is 5.85. The SMILES string of the molecule is Cc1nn(C)c(N(CCO)C2CCCC2)c1C=O. The number of aryl methyl sites for hydroxylation is 2. The Labute approximate surface area is 107 Å². The molecule has 0 unspecified atom stereocenters. The lowest BCUT2D eigenvalue weighted by molar-refractivity contribution is 0.112. The number of aldehydes is 1. The molecule has 0 spiro atoms. The van der Waals surface area contributed by atoms with Crippen molar-refractivity contribution < 1.29 is 9.90 Å². The third-order valence-corrected chi connectivity index (χ3v) is 3.73. The number of hydrogen-bond acceptors (Lipinski definition) is 4. The highest BCUT2D eigenvalue weighted by atomic mass is 16.3. The van der Waals surface area contributed by atoms with Gasteiger partial charge in [-0.25, -0.2) is 0 Å². The molecule has 1 N–H and O–H groups in total. The van der Waals surface area contributed by atoms with Gasteiger partial charge in [0.05, 0.1) is 17.9 Å². The van der Waals surface area contributed by atoms with E-state index in [4.69, 9.17) is 0 Å². The lowest BCUT2D eigenvalue weighted by Crippen LogP contribution is -2.37. The van der Waals surface area contributed by atoms with Crippen LogP contribution in [0.25, 0.3) is 0 Å². The molecule has 1 fully saturated rings. The summed E-state index contributed by atoms with van der Waals surface area (Å²) in [5.41, 5.74) is 1.40. The van der Waals surface area contributed by atoms with Crippen molar-refractivity contribution in [2.24, 2.45) is 7.05 Å². The van der Waals surface area contributed by atoms with E-state index in [1.165, 1.54) is 12.8 Å². The zero-order valence-corrected chi connectivity index (χ0v) is 11.1.